The molecule has 0 bridgehead atoms. The summed E-state index contributed by atoms with van der Waals surface area (Å²) in [5, 5.41) is 2.07. The van der Waals surface area contributed by atoms with Crippen LogP contribution in [0.15, 0.2) is 41.8 Å². The minimum Gasteiger partial charge on any atom is -0.486 e. The number of hydrogen-bond acceptors (Lipinski definition) is 5. The first-order valence-electron chi connectivity index (χ1n) is 6.24. The van der Waals surface area contributed by atoms with Crippen molar-refractivity contribution in [2.75, 3.05) is 6.61 Å². The molecule has 0 spiro atoms. The molecule has 3 N–H and O–H groups in total. The Bertz CT molecular complexity index is 530. The van der Waals surface area contributed by atoms with Gasteiger partial charge in [-0.15, -0.1) is 11.3 Å². The summed E-state index contributed by atoms with van der Waals surface area (Å²) in [7, 11) is 0. The minimum atomic E-state index is -0.0815. The third-order valence-corrected chi connectivity index (χ3v) is 4.09. The minimum absolute atomic E-state index is 0.0343. The van der Waals surface area contributed by atoms with Crippen molar-refractivity contribution in [2.24, 2.45) is 5.84 Å². The summed E-state index contributed by atoms with van der Waals surface area (Å²) in [4.78, 5) is 1.28. The van der Waals surface area contributed by atoms with Crippen LogP contribution >= 0.6 is 11.3 Å². The first-order chi connectivity index (χ1) is 9.36. The van der Waals surface area contributed by atoms with E-state index in [-0.39, 0.29) is 12.1 Å². The summed E-state index contributed by atoms with van der Waals surface area (Å²) < 4.78 is 11.7. The van der Waals surface area contributed by atoms with Gasteiger partial charge >= 0.3 is 0 Å². The van der Waals surface area contributed by atoms with Crippen molar-refractivity contribution >= 4 is 11.3 Å². The van der Waals surface area contributed by atoms with Crippen molar-refractivity contribution in [1.29, 1.82) is 0 Å². The lowest BCUT2D eigenvalue weighted by molar-refractivity contribution is 0.0622. The summed E-state index contributed by atoms with van der Waals surface area (Å²) in [5.41, 5.74) is 2.84. The number of fused-ring (bicyclic) bond motifs is 1. The van der Waals surface area contributed by atoms with Gasteiger partial charge in [0.05, 0.1) is 6.04 Å². The van der Waals surface area contributed by atoms with E-state index in [4.69, 9.17) is 15.3 Å². The molecule has 0 radical (unpaired) electrons. The highest BCUT2D eigenvalue weighted by molar-refractivity contribution is 7.09. The lowest BCUT2D eigenvalue weighted by atomic mass is 10.1. The normalized spacial score (nSPS) is 19.1. The van der Waals surface area contributed by atoms with E-state index in [1.165, 1.54) is 4.88 Å². The van der Waals surface area contributed by atoms with Crippen molar-refractivity contribution in [2.45, 2.75) is 18.6 Å². The maximum absolute atomic E-state index is 5.97. The van der Waals surface area contributed by atoms with E-state index in [1.807, 2.05) is 30.3 Å². The second-order valence-corrected chi connectivity index (χ2v) is 5.50. The Morgan fingerprint density at radius 1 is 1.26 bits per heavy atom. The summed E-state index contributed by atoms with van der Waals surface area (Å²) in [6, 6.07) is 11.9. The van der Waals surface area contributed by atoms with Gasteiger partial charge in [-0.3, -0.25) is 11.3 Å². The Labute approximate surface area is 116 Å². The Morgan fingerprint density at radius 3 is 2.84 bits per heavy atom. The SMILES string of the molecule is NNC(Cc1cccs1)C1COc2ccccc2O1. The maximum Gasteiger partial charge on any atom is 0.161 e. The van der Waals surface area contributed by atoms with Gasteiger partial charge in [-0.05, 0) is 23.6 Å². The molecule has 1 aliphatic heterocycles. The molecule has 0 aliphatic carbocycles. The second-order valence-electron chi connectivity index (χ2n) is 4.47. The maximum atomic E-state index is 5.97. The third kappa shape index (κ3) is 2.73. The average molecular weight is 276 g/mol. The van der Waals surface area contributed by atoms with E-state index in [2.05, 4.69) is 16.9 Å². The zero-order chi connectivity index (χ0) is 13.1. The van der Waals surface area contributed by atoms with Crippen LogP contribution in [0.25, 0.3) is 0 Å². The molecule has 1 aromatic carbocycles. The van der Waals surface area contributed by atoms with Crippen LogP contribution in [-0.4, -0.2) is 18.8 Å². The molecular formula is C14H16N2O2S. The fourth-order valence-electron chi connectivity index (χ4n) is 2.18. The van der Waals surface area contributed by atoms with Crippen LogP contribution in [0.1, 0.15) is 4.88 Å². The molecule has 2 aromatic rings. The molecule has 2 atom stereocenters. The zero-order valence-corrected chi connectivity index (χ0v) is 11.2. The molecule has 2 heterocycles. The molecule has 4 nitrogen and oxygen atoms in total. The van der Waals surface area contributed by atoms with Gasteiger partial charge in [0.2, 0.25) is 0 Å². The van der Waals surface area contributed by atoms with E-state index >= 15 is 0 Å². The predicted octanol–water partition coefficient (Wildman–Crippen LogP) is 1.96. The predicted molar refractivity (Wildman–Crippen MR) is 75.5 cm³/mol. The summed E-state index contributed by atoms with van der Waals surface area (Å²) >= 11 is 1.72. The van der Waals surface area contributed by atoms with Gasteiger partial charge in [0.15, 0.2) is 11.5 Å². The van der Waals surface area contributed by atoms with Gasteiger partial charge < -0.3 is 9.47 Å². The van der Waals surface area contributed by atoms with Gasteiger partial charge in [0.25, 0.3) is 0 Å². The van der Waals surface area contributed by atoms with Crippen molar-refractivity contribution in [1.82, 2.24) is 5.43 Å². The molecule has 100 valence electrons. The van der Waals surface area contributed by atoms with Crippen molar-refractivity contribution in [3.63, 3.8) is 0 Å². The number of benzene rings is 1. The molecule has 1 aromatic heterocycles. The number of hydrogen-bond donors (Lipinski definition) is 2. The largest absolute Gasteiger partial charge is 0.486 e. The smallest absolute Gasteiger partial charge is 0.161 e. The van der Waals surface area contributed by atoms with Crippen molar-refractivity contribution in [3.05, 3.63) is 46.7 Å². The summed E-state index contributed by atoms with van der Waals surface area (Å²) in [6.07, 6.45) is 0.756. The quantitative estimate of drug-likeness (QED) is 0.662. The van der Waals surface area contributed by atoms with Crippen molar-refractivity contribution in [3.8, 4) is 11.5 Å². The van der Waals surface area contributed by atoms with Gasteiger partial charge in [0, 0.05) is 11.3 Å². The first-order valence-corrected chi connectivity index (χ1v) is 7.12. The third-order valence-electron chi connectivity index (χ3n) is 3.19. The number of rotatable bonds is 4. The Hall–Kier alpha value is -1.56. The molecule has 0 amide bonds. The summed E-state index contributed by atoms with van der Waals surface area (Å²) in [5.74, 6) is 7.24. The lowest BCUT2D eigenvalue weighted by Crippen LogP contribution is -2.51. The van der Waals surface area contributed by atoms with Crippen LogP contribution < -0.4 is 20.7 Å². The molecule has 0 fully saturated rings. The Balaban J connectivity index is 1.72. The number of para-hydroxylation sites is 2. The zero-order valence-electron chi connectivity index (χ0n) is 10.4. The average Bonchev–Trinajstić information content (AvgIpc) is 2.97. The van der Waals surface area contributed by atoms with E-state index in [0.29, 0.717) is 6.61 Å². The van der Waals surface area contributed by atoms with Crippen molar-refractivity contribution < 1.29 is 9.47 Å². The molecule has 0 saturated carbocycles. The standard InChI is InChI=1S/C14H16N2O2S/c15-16-11(8-10-4-3-7-19-10)14-9-17-12-5-1-2-6-13(12)18-14/h1-7,11,14,16H,8-9,15H2. The van der Waals surface area contributed by atoms with Crippen LogP contribution in [-0.2, 0) is 6.42 Å². The number of thiophene rings is 1. The fraction of sp³-hybridized carbons (Fsp3) is 0.286. The second kappa shape index (κ2) is 5.61. The molecule has 19 heavy (non-hydrogen) atoms. The van der Waals surface area contributed by atoms with Crippen LogP contribution in [0, 0.1) is 0 Å². The Kier molecular flexibility index (Phi) is 3.68. The van der Waals surface area contributed by atoms with Crippen LogP contribution in [0.4, 0.5) is 0 Å². The first kappa shape index (κ1) is 12.5. The van der Waals surface area contributed by atoms with Gasteiger partial charge in [-0.2, -0.15) is 0 Å². The van der Waals surface area contributed by atoms with Crippen LogP contribution in [0.2, 0.25) is 0 Å². The number of nitrogens with one attached hydrogen (secondary N) is 1. The highest BCUT2D eigenvalue weighted by atomic mass is 32.1. The van der Waals surface area contributed by atoms with Gasteiger partial charge in [-0.25, -0.2) is 0 Å². The highest BCUT2D eigenvalue weighted by Crippen LogP contribution is 2.32. The lowest BCUT2D eigenvalue weighted by Gasteiger charge is -2.31. The molecular weight excluding hydrogens is 260 g/mol. The van der Waals surface area contributed by atoms with Gasteiger partial charge in [0.1, 0.15) is 12.7 Å². The number of hydrazine groups is 1. The molecule has 3 rings (SSSR count). The molecule has 2 unspecified atom stereocenters. The fourth-order valence-corrected chi connectivity index (χ4v) is 2.94. The van der Waals surface area contributed by atoms with E-state index in [9.17, 15) is 0 Å². The van der Waals surface area contributed by atoms with Crippen LogP contribution in [0.5, 0.6) is 11.5 Å². The summed E-state index contributed by atoms with van der Waals surface area (Å²) in [6.45, 7) is 0.511. The van der Waals surface area contributed by atoms with E-state index in [1.54, 1.807) is 11.3 Å². The number of ether oxygens (including phenoxy) is 2. The monoisotopic (exact) mass is 276 g/mol. The van der Waals surface area contributed by atoms with Crippen LogP contribution in [0.3, 0.4) is 0 Å². The number of nitrogens with two attached hydrogens (primary N) is 1. The molecule has 0 saturated heterocycles. The topological polar surface area (TPSA) is 56.5 Å². The van der Waals surface area contributed by atoms with Gasteiger partial charge in [-0.1, -0.05) is 18.2 Å². The van der Waals surface area contributed by atoms with E-state index < -0.39 is 0 Å². The molecule has 5 heteroatoms. The van der Waals surface area contributed by atoms with E-state index in [0.717, 1.165) is 17.9 Å². The Morgan fingerprint density at radius 2 is 2.11 bits per heavy atom. The highest BCUT2D eigenvalue weighted by Gasteiger charge is 2.28. The molecule has 1 aliphatic rings.